The molecule has 3 aliphatic heterocycles. The smallest absolute Gasteiger partial charge is 0.313 e. The number of ether oxygens (including phenoxy) is 3. The number of anilines is 1. The number of benzene rings is 2. The van der Waals surface area contributed by atoms with Gasteiger partial charge < -0.3 is 34.4 Å². The molecule has 3 amide bonds. The number of aliphatic hydroxyl groups excluding tert-OH is 1. The van der Waals surface area contributed by atoms with Crippen molar-refractivity contribution in [3.63, 3.8) is 0 Å². The van der Waals surface area contributed by atoms with Gasteiger partial charge >= 0.3 is 5.97 Å². The predicted octanol–water partition coefficient (Wildman–Crippen LogP) is 4.99. The third kappa shape index (κ3) is 7.84. The van der Waals surface area contributed by atoms with Crippen LogP contribution in [0.15, 0.2) is 73.8 Å². The van der Waals surface area contributed by atoms with E-state index in [0.717, 1.165) is 16.8 Å². The van der Waals surface area contributed by atoms with Gasteiger partial charge in [0.15, 0.2) is 0 Å². The number of methoxy groups -OCH3 is 1. The van der Waals surface area contributed by atoms with Crippen molar-refractivity contribution >= 4 is 29.4 Å². The van der Waals surface area contributed by atoms with Crippen LogP contribution in [0.25, 0.3) is 0 Å². The van der Waals surface area contributed by atoms with Crippen LogP contribution in [0.4, 0.5) is 5.69 Å². The molecule has 0 unspecified atom stereocenters. The van der Waals surface area contributed by atoms with Gasteiger partial charge in [0.1, 0.15) is 17.7 Å². The highest BCUT2D eigenvalue weighted by molar-refractivity contribution is 6.05. The monoisotopic (exact) mass is 729 g/mol. The Morgan fingerprint density at radius 1 is 1.09 bits per heavy atom. The number of aliphatic hydroxyl groups is 1. The van der Waals surface area contributed by atoms with E-state index in [1.54, 1.807) is 17.1 Å². The number of likely N-dealkylation sites (tertiary alicyclic amines) is 1. The van der Waals surface area contributed by atoms with Crippen LogP contribution in [-0.4, -0.2) is 90.4 Å². The maximum Gasteiger partial charge on any atom is 0.313 e. The number of amides is 3. The zero-order valence-corrected chi connectivity index (χ0v) is 31.7. The zero-order chi connectivity index (χ0) is 38.4. The molecular weight excluding hydrogens is 674 g/mol. The summed E-state index contributed by atoms with van der Waals surface area (Å²) in [7, 11) is 1.51. The standard InChI is InChI=1S/C42H55N3O8/c1-8-10-19-33(47)43-31(25-51-7)37(29-17-12-11-13-18-29)52-41(50)34-32-20-21-42(53-32)35(34)39(48)45(30(24-46)23-26(3)4)38(42)40(49)44(22-9-2)36-27(5)15-14-16-28(36)6/h8-9,11-18,26,30-32,34-35,37-38,46H,1-2,10,19-25H2,3-7H3,(H,43,47)/t30-,31-,32-,34+,35+,37-,38-,42+/m1/s1. The van der Waals surface area contributed by atoms with Gasteiger partial charge in [-0.15, -0.1) is 13.2 Å². The molecule has 0 aromatic heterocycles. The number of nitrogens with zero attached hydrogens (tertiary/aromatic N) is 2. The minimum atomic E-state index is -1.32. The van der Waals surface area contributed by atoms with Crippen molar-refractivity contribution in [2.75, 3.05) is 31.8 Å². The summed E-state index contributed by atoms with van der Waals surface area (Å²) in [6, 6.07) is 12.4. The summed E-state index contributed by atoms with van der Waals surface area (Å²) < 4.78 is 18.6. The number of carbonyl (C=O) groups excluding carboxylic acids is 4. The van der Waals surface area contributed by atoms with E-state index in [4.69, 9.17) is 14.2 Å². The van der Waals surface area contributed by atoms with Crippen LogP contribution in [-0.2, 0) is 33.4 Å². The quantitative estimate of drug-likeness (QED) is 0.162. The first-order valence-corrected chi connectivity index (χ1v) is 18.7. The molecule has 53 heavy (non-hydrogen) atoms. The fourth-order valence-corrected chi connectivity index (χ4v) is 8.78. The highest BCUT2D eigenvalue weighted by Gasteiger charge is 2.76. The average Bonchev–Trinajstić information content (AvgIpc) is 3.78. The van der Waals surface area contributed by atoms with Crippen LogP contribution >= 0.6 is 0 Å². The van der Waals surface area contributed by atoms with Gasteiger partial charge in [0, 0.05) is 25.8 Å². The number of nitrogens with one attached hydrogen (secondary N) is 1. The molecule has 5 rings (SSSR count). The fraction of sp³-hybridized carbons (Fsp3) is 0.524. The lowest BCUT2D eigenvalue weighted by Gasteiger charge is -2.40. The molecule has 0 saturated carbocycles. The Labute approximate surface area is 313 Å². The van der Waals surface area contributed by atoms with Gasteiger partial charge in [0.05, 0.1) is 43.2 Å². The van der Waals surface area contributed by atoms with Gasteiger partial charge in [-0.05, 0) is 62.1 Å². The molecule has 8 atom stereocenters. The van der Waals surface area contributed by atoms with E-state index in [9.17, 15) is 19.5 Å². The van der Waals surface area contributed by atoms with E-state index < -0.39 is 59.6 Å². The minimum Gasteiger partial charge on any atom is -0.455 e. The Hall–Kier alpha value is -4.32. The second kappa shape index (κ2) is 17.2. The molecule has 3 aliphatic rings. The molecule has 0 aliphatic carbocycles. The Bertz CT molecular complexity index is 1640. The lowest BCUT2D eigenvalue weighted by molar-refractivity contribution is -0.163. The summed E-state index contributed by atoms with van der Waals surface area (Å²) in [5.74, 6) is -3.60. The van der Waals surface area contributed by atoms with Gasteiger partial charge in [-0.25, -0.2) is 0 Å². The number of allylic oxidation sites excluding steroid dienone is 1. The van der Waals surface area contributed by atoms with E-state index >= 15 is 4.79 Å². The van der Waals surface area contributed by atoms with Crippen molar-refractivity contribution in [2.45, 2.75) is 95.7 Å². The molecule has 2 N–H and O–H groups in total. The lowest BCUT2D eigenvalue weighted by atomic mass is 9.70. The van der Waals surface area contributed by atoms with Crippen molar-refractivity contribution in [3.8, 4) is 0 Å². The van der Waals surface area contributed by atoms with E-state index in [-0.39, 0.29) is 43.9 Å². The van der Waals surface area contributed by atoms with E-state index in [1.165, 1.54) is 12.0 Å². The van der Waals surface area contributed by atoms with Crippen LogP contribution in [0.2, 0.25) is 0 Å². The SMILES string of the molecule is C=CCCC(=O)N[C@H](COC)[C@H](OC(=O)[C@@H]1[C@H]2C(=O)N([C@@H](CO)CC(C)C)[C@H](C(=O)N(CC=C)c3c(C)cccc3C)[C@]23CC[C@H]1O3)c1ccccc1. The molecular formula is C42H55N3O8. The van der Waals surface area contributed by atoms with Gasteiger partial charge in [-0.3, -0.25) is 19.2 Å². The third-order valence-electron chi connectivity index (χ3n) is 10.9. The van der Waals surface area contributed by atoms with Gasteiger partial charge in [-0.1, -0.05) is 74.5 Å². The molecule has 2 aromatic rings. The summed E-state index contributed by atoms with van der Waals surface area (Å²) in [6.07, 6.45) is 3.64. The number of aryl methyl sites for hydroxylation is 2. The highest BCUT2D eigenvalue weighted by atomic mass is 16.6. The highest BCUT2D eigenvalue weighted by Crippen LogP contribution is 2.59. The molecule has 1 spiro atoms. The number of esters is 1. The molecule has 0 radical (unpaired) electrons. The number of fused-ring (bicyclic) bond motifs is 1. The van der Waals surface area contributed by atoms with Crippen molar-refractivity contribution in [1.82, 2.24) is 10.2 Å². The van der Waals surface area contributed by atoms with Gasteiger partial charge in [-0.2, -0.15) is 0 Å². The van der Waals surface area contributed by atoms with Crippen LogP contribution in [0, 0.1) is 31.6 Å². The Kier molecular flexibility index (Phi) is 13.0. The maximum atomic E-state index is 15.2. The topological polar surface area (TPSA) is 135 Å². The van der Waals surface area contributed by atoms with Crippen LogP contribution in [0.1, 0.15) is 68.7 Å². The second-order valence-electron chi connectivity index (χ2n) is 15.0. The Morgan fingerprint density at radius 2 is 1.79 bits per heavy atom. The summed E-state index contributed by atoms with van der Waals surface area (Å²) in [4.78, 5) is 60.8. The lowest BCUT2D eigenvalue weighted by Crippen LogP contribution is -2.59. The van der Waals surface area contributed by atoms with Crippen molar-refractivity contribution in [2.24, 2.45) is 17.8 Å². The van der Waals surface area contributed by atoms with Crippen LogP contribution in [0.3, 0.4) is 0 Å². The van der Waals surface area contributed by atoms with Crippen molar-refractivity contribution in [3.05, 3.63) is 90.5 Å². The first-order valence-electron chi connectivity index (χ1n) is 18.7. The fourth-order valence-electron chi connectivity index (χ4n) is 8.78. The van der Waals surface area contributed by atoms with Crippen LogP contribution < -0.4 is 10.2 Å². The summed E-state index contributed by atoms with van der Waals surface area (Å²) in [5, 5.41) is 13.7. The number of hydrogen-bond donors (Lipinski definition) is 2. The van der Waals surface area contributed by atoms with E-state index in [0.29, 0.717) is 31.2 Å². The Morgan fingerprint density at radius 3 is 2.40 bits per heavy atom. The number of hydrogen-bond acceptors (Lipinski definition) is 8. The van der Waals surface area contributed by atoms with Crippen molar-refractivity contribution < 1.29 is 38.5 Å². The third-order valence-corrected chi connectivity index (χ3v) is 10.9. The molecule has 286 valence electrons. The largest absolute Gasteiger partial charge is 0.455 e. The summed E-state index contributed by atoms with van der Waals surface area (Å²) >= 11 is 0. The molecule has 3 fully saturated rings. The predicted molar refractivity (Wildman–Crippen MR) is 202 cm³/mol. The molecule has 2 bridgehead atoms. The Balaban J connectivity index is 1.56. The van der Waals surface area contributed by atoms with Gasteiger partial charge in [0.25, 0.3) is 5.91 Å². The summed E-state index contributed by atoms with van der Waals surface area (Å²) in [5.41, 5.74) is 1.82. The normalized spacial score (nSPS) is 24.7. The van der Waals surface area contributed by atoms with E-state index in [1.807, 2.05) is 76.2 Å². The molecule has 3 saturated heterocycles. The molecule has 11 heteroatoms. The summed E-state index contributed by atoms with van der Waals surface area (Å²) in [6.45, 7) is 15.4. The van der Waals surface area contributed by atoms with Gasteiger partial charge in [0.2, 0.25) is 11.8 Å². The minimum absolute atomic E-state index is 0.0543. The zero-order valence-electron chi connectivity index (χ0n) is 31.7. The second-order valence-corrected chi connectivity index (χ2v) is 15.0. The molecule has 2 aromatic carbocycles. The van der Waals surface area contributed by atoms with Crippen molar-refractivity contribution in [1.29, 1.82) is 0 Å². The first kappa shape index (κ1) is 39.9. The number of para-hydroxylation sites is 1. The van der Waals surface area contributed by atoms with Crippen LogP contribution in [0.5, 0.6) is 0 Å². The first-order chi connectivity index (χ1) is 25.4. The number of carbonyl (C=O) groups is 4. The maximum absolute atomic E-state index is 15.2. The average molecular weight is 730 g/mol. The number of rotatable bonds is 18. The molecule has 11 nitrogen and oxygen atoms in total. The van der Waals surface area contributed by atoms with E-state index in [2.05, 4.69) is 18.5 Å². The molecule has 3 heterocycles.